The highest BCUT2D eigenvalue weighted by atomic mass is 35.5. The number of hydrogen-bond acceptors (Lipinski definition) is 5. The van der Waals surface area contributed by atoms with Crippen molar-refractivity contribution in [3.05, 3.63) is 41.8 Å². The van der Waals surface area contributed by atoms with Gasteiger partial charge in [-0.25, -0.2) is 0 Å². The number of nitrogens with zero attached hydrogens (tertiary/aromatic N) is 6. The third-order valence-electron chi connectivity index (χ3n) is 4.92. The van der Waals surface area contributed by atoms with E-state index in [9.17, 15) is 4.79 Å². The maximum atomic E-state index is 12.4. The molecule has 1 saturated heterocycles. The van der Waals surface area contributed by atoms with Gasteiger partial charge >= 0.3 is 0 Å². The molecule has 0 bridgehead atoms. The van der Waals surface area contributed by atoms with E-state index >= 15 is 0 Å². The molecule has 0 aliphatic carbocycles. The van der Waals surface area contributed by atoms with Crippen molar-refractivity contribution in [1.29, 1.82) is 0 Å². The average molecular weight is 388 g/mol. The number of carbonyl (C=O) groups excluding carboxylic acids is 1. The highest BCUT2D eigenvalue weighted by Crippen LogP contribution is 2.23. The lowest BCUT2D eigenvalue weighted by Gasteiger charge is -2.31. The van der Waals surface area contributed by atoms with Crippen molar-refractivity contribution < 1.29 is 4.79 Å². The van der Waals surface area contributed by atoms with Gasteiger partial charge in [0, 0.05) is 50.7 Å². The van der Waals surface area contributed by atoms with Crippen molar-refractivity contribution in [2.45, 2.75) is 25.8 Å². The van der Waals surface area contributed by atoms with E-state index in [0.29, 0.717) is 11.6 Å². The zero-order valence-electron chi connectivity index (χ0n) is 15.0. The zero-order chi connectivity index (χ0) is 18.6. The lowest BCUT2D eigenvalue weighted by atomic mass is 9.96. The molecular formula is C18H22ClN7O. The summed E-state index contributed by atoms with van der Waals surface area (Å²) in [4.78, 5) is 14.6. The lowest BCUT2D eigenvalue weighted by molar-refractivity contribution is -0.125. The number of piperidine rings is 1. The maximum Gasteiger partial charge on any atom is 0.231 e. The van der Waals surface area contributed by atoms with E-state index in [4.69, 9.17) is 11.6 Å². The first-order valence-electron chi connectivity index (χ1n) is 9.21. The van der Waals surface area contributed by atoms with Gasteiger partial charge in [-0.2, -0.15) is 5.10 Å². The van der Waals surface area contributed by atoms with Crippen LogP contribution in [0, 0.1) is 5.92 Å². The van der Waals surface area contributed by atoms with Crippen molar-refractivity contribution in [2.75, 3.05) is 24.5 Å². The molecule has 1 amide bonds. The van der Waals surface area contributed by atoms with Crippen molar-refractivity contribution >= 4 is 29.1 Å². The van der Waals surface area contributed by atoms with Crippen LogP contribution in [0.4, 0.5) is 5.95 Å². The molecule has 0 aromatic carbocycles. The number of carbonyl (C=O) groups is 1. The molecule has 0 saturated carbocycles. The molecule has 1 N–H and O–H groups in total. The van der Waals surface area contributed by atoms with E-state index in [2.05, 4.69) is 25.5 Å². The fourth-order valence-electron chi connectivity index (χ4n) is 3.44. The van der Waals surface area contributed by atoms with Gasteiger partial charge in [-0.05, 0) is 37.5 Å². The van der Waals surface area contributed by atoms with E-state index < -0.39 is 0 Å². The minimum Gasteiger partial charge on any atom is -0.356 e. The van der Waals surface area contributed by atoms with Gasteiger partial charge in [-0.1, -0.05) is 11.6 Å². The van der Waals surface area contributed by atoms with Gasteiger partial charge in [0.1, 0.15) is 0 Å². The SMILES string of the molecule is O=C(NCCCn1cccn1)C1CCN(c2nnc3ccc(Cl)cn23)CC1. The van der Waals surface area contributed by atoms with E-state index in [1.165, 1.54) is 0 Å². The highest BCUT2D eigenvalue weighted by Gasteiger charge is 2.26. The second-order valence-corrected chi connectivity index (χ2v) is 7.19. The Bertz CT molecular complexity index is 900. The van der Waals surface area contributed by atoms with Crippen LogP contribution in [0.15, 0.2) is 36.8 Å². The molecule has 0 spiro atoms. The van der Waals surface area contributed by atoms with Crippen LogP contribution < -0.4 is 10.2 Å². The number of pyridine rings is 1. The molecule has 142 valence electrons. The predicted molar refractivity (Wildman–Crippen MR) is 103 cm³/mol. The monoisotopic (exact) mass is 387 g/mol. The zero-order valence-corrected chi connectivity index (χ0v) is 15.7. The predicted octanol–water partition coefficient (Wildman–Crippen LogP) is 2.00. The highest BCUT2D eigenvalue weighted by molar-refractivity contribution is 6.30. The molecule has 8 nitrogen and oxygen atoms in total. The Morgan fingerprint density at radius 2 is 2.11 bits per heavy atom. The maximum absolute atomic E-state index is 12.4. The fraction of sp³-hybridized carbons (Fsp3) is 0.444. The third-order valence-corrected chi connectivity index (χ3v) is 5.14. The van der Waals surface area contributed by atoms with Crippen LogP contribution in [0.5, 0.6) is 0 Å². The lowest BCUT2D eigenvalue weighted by Crippen LogP contribution is -2.41. The van der Waals surface area contributed by atoms with Crippen LogP contribution in [0.1, 0.15) is 19.3 Å². The van der Waals surface area contributed by atoms with Crippen LogP contribution in [0.2, 0.25) is 5.02 Å². The number of hydrogen-bond donors (Lipinski definition) is 1. The Kier molecular flexibility index (Phi) is 5.24. The standard InChI is InChI=1S/C18H22ClN7O/c19-15-3-4-16-22-23-18(26(16)13-15)24-11-5-14(6-12-24)17(27)20-7-1-9-25-10-2-8-21-25/h2-4,8,10,13-14H,1,5-7,9,11-12H2,(H,20,27). The summed E-state index contributed by atoms with van der Waals surface area (Å²) in [6.45, 7) is 3.04. The minimum absolute atomic E-state index is 0.0497. The molecule has 0 radical (unpaired) electrons. The summed E-state index contributed by atoms with van der Waals surface area (Å²) < 4.78 is 3.78. The van der Waals surface area contributed by atoms with Gasteiger partial charge < -0.3 is 10.2 Å². The van der Waals surface area contributed by atoms with E-state index in [0.717, 1.165) is 50.5 Å². The molecule has 27 heavy (non-hydrogen) atoms. The number of amides is 1. The fourth-order valence-corrected chi connectivity index (χ4v) is 3.60. The van der Waals surface area contributed by atoms with Crippen LogP contribution >= 0.6 is 11.6 Å². The Morgan fingerprint density at radius 3 is 2.89 bits per heavy atom. The van der Waals surface area contributed by atoms with Crippen LogP contribution in [0.3, 0.4) is 0 Å². The molecule has 3 aromatic rings. The Labute approximate surface area is 162 Å². The second kappa shape index (κ2) is 7.96. The molecule has 1 fully saturated rings. The molecule has 4 heterocycles. The van der Waals surface area contributed by atoms with Crippen LogP contribution in [-0.4, -0.2) is 49.9 Å². The van der Waals surface area contributed by atoms with Gasteiger partial charge in [0.2, 0.25) is 11.9 Å². The van der Waals surface area contributed by atoms with Gasteiger partial charge in [-0.15, -0.1) is 10.2 Å². The summed E-state index contributed by atoms with van der Waals surface area (Å²) in [6.07, 6.45) is 8.00. The Morgan fingerprint density at radius 1 is 1.26 bits per heavy atom. The first kappa shape index (κ1) is 17.8. The van der Waals surface area contributed by atoms with E-state index in [1.807, 2.05) is 33.6 Å². The number of fused-ring (bicyclic) bond motifs is 1. The van der Waals surface area contributed by atoms with Crippen molar-refractivity contribution in [3.63, 3.8) is 0 Å². The number of rotatable bonds is 6. The van der Waals surface area contributed by atoms with E-state index in [1.54, 1.807) is 12.3 Å². The number of anilines is 1. The normalized spacial score (nSPS) is 15.4. The molecule has 0 unspecified atom stereocenters. The minimum atomic E-state index is 0.0497. The summed E-state index contributed by atoms with van der Waals surface area (Å²) >= 11 is 6.09. The number of aryl methyl sites for hydroxylation is 1. The first-order valence-corrected chi connectivity index (χ1v) is 9.59. The van der Waals surface area contributed by atoms with Crippen LogP contribution in [-0.2, 0) is 11.3 Å². The second-order valence-electron chi connectivity index (χ2n) is 6.75. The largest absolute Gasteiger partial charge is 0.356 e. The molecular weight excluding hydrogens is 366 g/mol. The average Bonchev–Trinajstić information content (AvgIpc) is 3.34. The Balaban J connectivity index is 1.26. The first-order chi connectivity index (χ1) is 13.2. The van der Waals surface area contributed by atoms with Crippen molar-refractivity contribution in [2.24, 2.45) is 5.92 Å². The summed E-state index contributed by atoms with van der Waals surface area (Å²) in [5, 5.41) is 16.3. The number of aromatic nitrogens is 5. The number of nitrogens with one attached hydrogen (secondary N) is 1. The summed E-state index contributed by atoms with van der Waals surface area (Å²) in [5.74, 6) is 0.976. The van der Waals surface area contributed by atoms with Gasteiger partial charge in [0.05, 0.1) is 5.02 Å². The molecule has 9 heteroatoms. The van der Waals surface area contributed by atoms with Gasteiger partial charge in [0.15, 0.2) is 5.65 Å². The summed E-state index contributed by atoms with van der Waals surface area (Å²) in [5.41, 5.74) is 0.770. The van der Waals surface area contributed by atoms with Gasteiger partial charge in [0.25, 0.3) is 0 Å². The topological polar surface area (TPSA) is 80.3 Å². The summed E-state index contributed by atoms with van der Waals surface area (Å²) in [7, 11) is 0. The van der Waals surface area contributed by atoms with Crippen molar-refractivity contribution in [3.8, 4) is 0 Å². The van der Waals surface area contributed by atoms with Crippen molar-refractivity contribution in [1.82, 2.24) is 29.7 Å². The molecule has 1 aliphatic rings. The van der Waals surface area contributed by atoms with Crippen LogP contribution in [0.25, 0.3) is 5.65 Å². The molecule has 0 atom stereocenters. The molecule has 3 aromatic heterocycles. The quantitative estimate of drug-likeness (QED) is 0.654. The smallest absolute Gasteiger partial charge is 0.231 e. The molecule has 4 rings (SSSR count). The molecule has 1 aliphatic heterocycles. The Hall–Kier alpha value is -2.61. The number of halogens is 1. The van der Waals surface area contributed by atoms with Gasteiger partial charge in [-0.3, -0.25) is 13.9 Å². The summed E-state index contributed by atoms with van der Waals surface area (Å²) in [6, 6.07) is 5.56. The third kappa shape index (κ3) is 4.05. The van der Waals surface area contributed by atoms with E-state index in [-0.39, 0.29) is 11.8 Å².